The van der Waals surface area contributed by atoms with Gasteiger partial charge in [-0.1, -0.05) is 91.4 Å². The van der Waals surface area contributed by atoms with Gasteiger partial charge in [-0.3, -0.25) is 0 Å². The van der Waals surface area contributed by atoms with E-state index < -0.39 is 0 Å². The normalized spacial score (nSPS) is 23.4. The fourth-order valence-electron chi connectivity index (χ4n) is 4.67. The van der Waals surface area contributed by atoms with Gasteiger partial charge in [0.05, 0.1) is 0 Å². The minimum atomic E-state index is 0.564. The first-order valence-corrected chi connectivity index (χ1v) is 9.62. The highest BCUT2D eigenvalue weighted by molar-refractivity contribution is 4.83. The summed E-state index contributed by atoms with van der Waals surface area (Å²) in [6, 6.07) is 0. The van der Waals surface area contributed by atoms with Crippen molar-refractivity contribution < 1.29 is 0 Å². The van der Waals surface area contributed by atoms with Gasteiger partial charge < -0.3 is 0 Å². The highest BCUT2D eigenvalue weighted by Gasteiger charge is 2.32. The lowest BCUT2D eigenvalue weighted by atomic mass is 9.66. The Morgan fingerprint density at radius 3 is 1.50 bits per heavy atom. The molecule has 0 spiro atoms. The highest BCUT2D eigenvalue weighted by Crippen LogP contribution is 2.44. The molecule has 0 N–H and O–H groups in total. The summed E-state index contributed by atoms with van der Waals surface area (Å²) in [5.74, 6) is 3.10. The first kappa shape index (κ1) is 16.4. The molecule has 2 aliphatic rings. The number of hydrogen-bond donors (Lipinski definition) is 0. The Morgan fingerprint density at radius 1 is 0.750 bits per heavy atom. The Labute approximate surface area is 128 Å². The summed E-state index contributed by atoms with van der Waals surface area (Å²) in [5.41, 5.74) is 0.564. The molecule has 2 fully saturated rings. The second kappa shape index (κ2) is 7.85. The minimum absolute atomic E-state index is 0.564. The molecule has 2 aliphatic carbocycles. The van der Waals surface area contributed by atoms with E-state index in [1.807, 2.05) is 0 Å². The van der Waals surface area contributed by atoms with E-state index in [0.29, 0.717) is 5.41 Å². The van der Waals surface area contributed by atoms with Crippen LogP contribution < -0.4 is 0 Å². The van der Waals surface area contributed by atoms with E-state index in [1.165, 1.54) is 83.5 Å². The van der Waals surface area contributed by atoms with Crippen molar-refractivity contribution in [2.24, 2.45) is 23.2 Å². The van der Waals surface area contributed by atoms with Crippen molar-refractivity contribution in [3.63, 3.8) is 0 Å². The Hall–Kier alpha value is 0. The van der Waals surface area contributed by atoms with Crippen molar-refractivity contribution in [3.05, 3.63) is 0 Å². The van der Waals surface area contributed by atoms with Crippen molar-refractivity contribution in [2.75, 3.05) is 0 Å². The molecule has 0 bridgehead atoms. The molecule has 0 saturated heterocycles. The molecule has 0 aromatic heterocycles. The second-order valence-corrected chi connectivity index (χ2v) is 8.52. The SMILES string of the molecule is CCC(C)(C)C(CC1CCCCC1)CC1CCCCC1. The molecule has 0 heterocycles. The van der Waals surface area contributed by atoms with E-state index in [-0.39, 0.29) is 0 Å². The van der Waals surface area contributed by atoms with Crippen LogP contribution in [-0.4, -0.2) is 0 Å². The zero-order valence-electron chi connectivity index (χ0n) is 14.4. The van der Waals surface area contributed by atoms with E-state index >= 15 is 0 Å². The molecule has 0 atom stereocenters. The molecule has 20 heavy (non-hydrogen) atoms. The largest absolute Gasteiger partial charge is 0.0649 e. The molecule has 0 aromatic carbocycles. The Balaban J connectivity index is 1.92. The summed E-state index contributed by atoms with van der Waals surface area (Å²) >= 11 is 0. The lowest BCUT2D eigenvalue weighted by Crippen LogP contribution is -2.29. The van der Waals surface area contributed by atoms with Gasteiger partial charge in [0.2, 0.25) is 0 Å². The van der Waals surface area contributed by atoms with Crippen molar-refractivity contribution in [1.29, 1.82) is 0 Å². The molecule has 0 amide bonds. The summed E-state index contributed by atoms with van der Waals surface area (Å²) in [4.78, 5) is 0. The van der Waals surface area contributed by atoms with Gasteiger partial charge >= 0.3 is 0 Å². The zero-order valence-corrected chi connectivity index (χ0v) is 14.4. The van der Waals surface area contributed by atoms with Crippen LogP contribution in [0.2, 0.25) is 0 Å². The molecule has 0 unspecified atom stereocenters. The van der Waals surface area contributed by atoms with Gasteiger partial charge in [-0.25, -0.2) is 0 Å². The molecule has 0 radical (unpaired) electrons. The van der Waals surface area contributed by atoms with Crippen molar-refractivity contribution in [3.8, 4) is 0 Å². The van der Waals surface area contributed by atoms with Crippen LogP contribution in [0.15, 0.2) is 0 Å². The summed E-state index contributed by atoms with van der Waals surface area (Å²) in [6.07, 6.45) is 19.6. The first-order chi connectivity index (χ1) is 9.62. The molecular formula is C20H38. The third-order valence-corrected chi connectivity index (χ3v) is 6.70. The number of hydrogen-bond acceptors (Lipinski definition) is 0. The average molecular weight is 279 g/mol. The lowest BCUT2D eigenvalue weighted by Gasteiger charge is -2.39. The number of rotatable bonds is 6. The van der Waals surface area contributed by atoms with Gasteiger partial charge in [0.15, 0.2) is 0 Å². The molecule has 0 aromatic rings. The highest BCUT2D eigenvalue weighted by atomic mass is 14.4. The van der Waals surface area contributed by atoms with Gasteiger partial charge in [0.1, 0.15) is 0 Å². The molecule has 0 heteroatoms. The summed E-state index contributed by atoms with van der Waals surface area (Å²) in [7, 11) is 0. The monoisotopic (exact) mass is 278 g/mol. The average Bonchev–Trinajstić information content (AvgIpc) is 2.49. The Bertz CT molecular complexity index is 233. The van der Waals surface area contributed by atoms with Crippen molar-refractivity contribution in [1.82, 2.24) is 0 Å². The van der Waals surface area contributed by atoms with E-state index in [0.717, 1.165) is 17.8 Å². The minimum Gasteiger partial charge on any atom is -0.0649 e. The maximum absolute atomic E-state index is 2.54. The maximum Gasteiger partial charge on any atom is -0.0328 e. The van der Waals surface area contributed by atoms with Crippen LogP contribution >= 0.6 is 0 Å². The van der Waals surface area contributed by atoms with Crippen LogP contribution in [0.5, 0.6) is 0 Å². The fourth-order valence-corrected chi connectivity index (χ4v) is 4.67. The van der Waals surface area contributed by atoms with Crippen molar-refractivity contribution >= 4 is 0 Å². The van der Waals surface area contributed by atoms with Gasteiger partial charge in [-0.05, 0) is 36.0 Å². The smallest absolute Gasteiger partial charge is 0.0328 e. The third-order valence-electron chi connectivity index (χ3n) is 6.70. The van der Waals surface area contributed by atoms with Crippen LogP contribution in [0, 0.1) is 23.2 Å². The van der Waals surface area contributed by atoms with Crippen LogP contribution in [0.25, 0.3) is 0 Å². The van der Waals surface area contributed by atoms with Crippen LogP contribution in [-0.2, 0) is 0 Å². The van der Waals surface area contributed by atoms with E-state index in [1.54, 1.807) is 0 Å². The summed E-state index contributed by atoms with van der Waals surface area (Å²) < 4.78 is 0. The lowest BCUT2D eigenvalue weighted by molar-refractivity contribution is 0.113. The summed E-state index contributed by atoms with van der Waals surface area (Å²) in [5, 5.41) is 0. The van der Waals surface area contributed by atoms with Crippen LogP contribution in [0.1, 0.15) is 104 Å². The molecule has 0 nitrogen and oxygen atoms in total. The maximum atomic E-state index is 2.54. The van der Waals surface area contributed by atoms with Gasteiger partial charge in [0.25, 0.3) is 0 Å². The quantitative estimate of drug-likeness (QED) is 0.491. The molecular weight excluding hydrogens is 240 g/mol. The Kier molecular flexibility index (Phi) is 6.43. The van der Waals surface area contributed by atoms with Gasteiger partial charge in [-0.15, -0.1) is 0 Å². The van der Waals surface area contributed by atoms with E-state index in [9.17, 15) is 0 Å². The fraction of sp³-hybridized carbons (Fsp3) is 1.00. The van der Waals surface area contributed by atoms with Crippen LogP contribution in [0.3, 0.4) is 0 Å². The first-order valence-electron chi connectivity index (χ1n) is 9.62. The van der Waals surface area contributed by atoms with Crippen LogP contribution in [0.4, 0.5) is 0 Å². The van der Waals surface area contributed by atoms with Gasteiger partial charge in [0, 0.05) is 0 Å². The predicted molar refractivity (Wildman–Crippen MR) is 89.9 cm³/mol. The predicted octanol–water partition coefficient (Wildman–Crippen LogP) is 6.98. The Morgan fingerprint density at radius 2 is 1.15 bits per heavy atom. The van der Waals surface area contributed by atoms with E-state index in [4.69, 9.17) is 0 Å². The standard InChI is InChI=1S/C20H38/c1-4-20(2,3)19(15-17-11-7-5-8-12-17)16-18-13-9-6-10-14-18/h17-19H,4-16H2,1-3H3. The molecule has 2 rings (SSSR count). The third kappa shape index (κ3) is 4.78. The molecule has 0 aliphatic heterocycles. The molecule has 2 saturated carbocycles. The second-order valence-electron chi connectivity index (χ2n) is 8.52. The summed E-state index contributed by atoms with van der Waals surface area (Å²) in [6.45, 7) is 7.50. The zero-order chi connectivity index (χ0) is 14.4. The topological polar surface area (TPSA) is 0 Å². The van der Waals surface area contributed by atoms with Gasteiger partial charge in [-0.2, -0.15) is 0 Å². The molecule has 118 valence electrons. The van der Waals surface area contributed by atoms with E-state index in [2.05, 4.69) is 20.8 Å². The van der Waals surface area contributed by atoms with Crippen molar-refractivity contribution in [2.45, 2.75) is 104 Å².